The predicted molar refractivity (Wildman–Crippen MR) is 172 cm³/mol. The van der Waals surface area contributed by atoms with E-state index >= 15 is 0 Å². The second-order valence-corrected chi connectivity index (χ2v) is 12.8. The smallest absolute Gasteiger partial charge is 0.265 e. The standard InChI is InChI=1S/C15H25N3O4S.C9H7ClN2O.C7H14/c1-10(20)18-4-2-15(3-5-18)7-11(14(22)17-15)6-12(8-19)16-13(21)9-23;10-6-1-2-7-5(3-6)4-8(12-7)9(11)13;1-7-5-3-2-4-6-7/h11-12,19,23H,2-9H2,1H3,(H,16,21)(H,17,22);1-4,12H,(H2,11,13);7H,2-6H2,1H3. The molecule has 1 aromatic heterocycles. The number of aliphatic hydroxyl groups excluding tert-OH is 1. The first-order valence-corrected chi connectivity index (χ1v) is 16.1. The number of hydrogen-bond acceptors (Lipinski definition) is 6. The van der Waals surface area contributed by atoms with E-state index in [1.54, 1.807) is 30.0 Å². The van der Waals surface area contributed by atoms with Crippen molar-refractivity contribution >= 4 is 58.8 Å². The highest BCUT2D eigenvalue weighted by Gasteiger charge is 2.46. The van der Waals surface area contributed by atoms with Gasteiger partial charge in [-0.1, -0.05) is 50.6 Å². The van der Waals surface area contributed by atoms with E-state index in [4.69, 9.17) is 17.3 Å². The molecule has 5 rings (SSSR count). The van der Waals surface area contributed by atoms with Crippen molar-refractivity contribution in [3.05, 3.63) is 35.0 Å². The van der Waals surface area contributed by atoms with Gasteiger partial charge in [0.1, 0.15) is 5.69 Å². The quantitative estimate of drug-likeness (QED) is 0.266. The largest absolute Gasteiger partial charge is 0.394 e. The van der Waals surface area contributed by atoms with Crippen molar-refractivity contribution in [2.24, 2.45) is 17.6 Å². The van der Waals surface area contributed by atoms with Crippen LogP contribution in [0.5, 0.6) is 0 Å². The Kier molecular flexibility index (Phi) is 13.2. The van der Waals surface area contributed by atoms with Gasteiger partial charge in [-0.2, -0.15) is 12.6 Å². The molecule has 3 aliphatic rings. The van der Waals surface area contributed by atoms with Gasteiger partial charge >= 0.3 is 0 Å². The Balaban J connectivity index is 0.000000209. The summed E-state index contributed by atoms with van der Waals surface area (Å²) in [7, 11) is 0. The van der Waals surface area contributed by atoms with Crippen LogP contribution in [-0.4, -0.2) is 75.6 Å². The van der Waals surface area contributed by atoms with E-state index in [2.05, 4.69) is 35.2 Å². The number of rotatable bonds is 6. The second-order valence-electron chi connectivity index (χ2n) is 12.0. The van der Waals surface area contributed by atoms with Crippen molar-refractivity contribution in [3.63, 3.8) is 0 Å². The van der Waals surface area contributed by atoms with Gasteiger partial charge in [-0.3, -0.25) is 19.2 Å². The number of primary amides is 1. The predicted octanol–water partition coefficient (Wildman–Crippen LogP) is 3.81. The Labute approximate surface area is 264 Å². The van der Waals surface area contributed by atoms with Gasteiger partial charge in [0.25, 0.3) is 5.91 Å². The fourth-order valence-electron chi connectivity index (χ4n) is 6.09. The fraction of sp³-hybridized carbons (Fsp3) is 0.613. The number of aromatic amines is 1. The van der Waals surface area contributed by atoms with Gasteiger partial charge < -0.3 is 31.4 Å². The highest BCUT2D eigenvalue weighted by molar-refractivity contribution is 7.81. The summed E-state index contributed by atoms with van der Waals surface area (Å²) in [6.07, 6.45) is 10.0. The minimum absolute atomic E-state index is 0.0279. The van der Waals surface area contributed by atoms with E-state index in [0.717, 1.165) is 29.7 Å². The molecule has 0 bridgehead atoms. The average molecular weight is 636 g/mol. The molecular weight excluding hydrogens is 590 g/mol. The van der Waals surface area contributed by atoms with Crippen molar-refractivity contribution in [1.29, 1.82) is 0 Å². The minimum Gasteiger partial charge on any atom is -0.394 e. The highest BCUT2D eigenvalue weighted by Crippen LogP contribution is 2.36. The summed E-state index contributed by atoms with van der Waals surface area (Å²) in [4.78, 5) is 50.6. The zero-order valence-corrected chi connectivity index (χ0v) is 26.8. The molecule has 4 amide bonds. The van der Waals surface area contributed by atoms with Crippen LogP contribution in [0.2, 0.25) is 5.02 Å². The van der Waals surface area contributed by atoms with E-state index < -0.39 is 11.9 Å². The maximum atomic E-state index is 12.3. The molecule has 2 atom stereocenters. The number of aliphatic hydroxyl groups is 1. The molecule has 43 heavy (non-hydrogen) atoms. The number of carbonyl (C=O) groups excluding carboxylic acids is 4. The number of fused-ring (bicyclic) bond motifs is 1. The molecule has 2 aromatic rings. The molecule has 1 saturated carbocycles. The summed E-state index contributed by atoms with van der Waals surface area (Å²) in [5.74, 6) is 0.182. The van der Waals surface area contributed by atoms with Gasteiger partial charge in [0, 0.05) is 47.4 Å². The van der Waals surface area contributed by atoms with Crippen LogP contribution in [-0.2, 0) is 14.4 Å². The van der Waals surface area contributed by atoms with Crippen LogP contribution in [0.4, 0.5) is 0 Å². The maximum absolute atomic E-state index is 12.3. The number of halogens is 1. The Morgan fingerprint density at radius 3 is 2.40 bits per heavy atom. The molecule has 1 spiro atoms. The lowest BCUT2D eigenvalue weighted by Gasteiger charge is -2.39. The molecule has 6 N–H and O–H groups in total. The van der Waals surface area contributed by atoms with Crippen LogP contribution in [0.25, 0.3) is 10.9 Å². The van der Waals surface area contributed by atoms with Crippen molar-refractivity contribution in [3.8, 4) is 0 Å². The number of H-pyrrole nitrogens is 1. The Morgan fingerprint density at radius 2 is 1.86 bits per heavy atom. The number of aromatic nitrogens is 1. The first kappa shape index (κ1) is 34.7. The number of nitrogens with zero attached hydrogens (tertiary/aromatic N) is 1. The average Bonchev–Trinajstić information content (AvgIpc) is 3.54. The number of hydrogen-bond donors (Lipinski definition) is 6. The number of amides is 4. The first-order chi connectivity index (χ1) is 20.4. The van der Waals surface area contributed by atoms with E-state index in [-0.39, 0.29) is 41.5 Å². The third-order valence-corrected chi connectivity index (χ3v) is 9.12. The van der Waals surface area contributed by atoms with Crippen LogP contribution in [0, 0.1) is 11.8 Å². The van der Waals surface area contributed by atoms with Gasteiger partial charge in [0.15, 0.2) is 0 Å². The van der Waals surface area contributed by atoms with Gasteiger partial charge in [0.2, 0.25) is 17.7 Å². The normalized spacial score (nSPS) is 20.3. The van der Waals surface area contributed by atoms with E-state index in [0.29, 0.717) is 36.6 Å². The van der Waals surface area contributed by atoms with Crippen molar-refractivity contribution in [2.75, 3.05) is 25.4 Å². The number of piperidine rings is 1. The lowest BCUT2D eigenvalue weighted by atomic mass is 9.82. The van der Waals surface area contributed by atoms with E-state index in [1.165, 1.54) is 32.1 Å². The molecule has 10 nitrogen and oxygen atoms in total. The third-order valence-electron chi connectivity index (χ3n) is 8.60. The molecule has 2 saturated heterocycles. The number of nitrogens with two attached hydrogens (primary N) is 1. The first-order valence-electron chi connectivity index (χ1n) is 15.1. The van der Waals surface area contributed by atoms with Crippen LogP contribution in [0.1, 0.15) is 82.1 Å². The maximum Gasteiger partial charge on any atom is 0.265 e. The molecular formula is C31H46ClN5O5S. The zero-order valence-electron chi connectivity index (χ0n) is 25.2. The lowest BCUT2D eigenvalue weighted by Crippen LogP contribution is -2.51. The van der Waals surface area contributed by atoms with E-state index in [1.807, 2.05) is 6.07 Å². The van der Waals surface area contributed by atoms with Crippen molar-refractivity contribution < 1.29 is 24.3 Å². The highest BCUT2D eigenvalue weighted by atomic mass is 35.5. The second kappa shape index (κ2) is 16.4. The number of carbonyl (C=O) groups is 4. The van der Waals surface area contributed by atoms with Gasteiger partial charge in [0.05, 0.1) is 18.4 Å². The minimum atomic E-state index is -0.465. The molecule has 1 aromatic carbocycles. The molecule has 2 aliphatic heterocycles. The number of thiol groups is 1. The van der Waals surface area contributed by atoms with E-state index in [9.17, 15) is 24.3 Å². The Bertz CT molecular complexity index is 1260. The Hall–Kier alpha value is -2.76. The molecule has 12 heteroatoms. The SMILES string of the molecule is CC(=O)N1CCC2(CC1)CC(CC(CO)NC(=O)CS)C(=O)N2.CC1CCCCC1.NC(=O)c1cc2cc(Cl)ccc2[nH]1. The van der Waals surface area contributed by atoms with Crippen molar-refractivity contribution in [2.45, 2.75) is 83.2 Å². The summed E-state index contributed by atoms with van der Waals surface area (Å²) < 4.78 is 0. The van der Waals surface area contributed by atoms with Crippen LogP contribution >= 0.6 is 24.2 Å². The molecule has 2 unspecified atom stereocenters. The van der Waals surface area contributed by atoms with Crippen LogP contribution in [0.3, 0.4) is 0 Å². The summed E-state index contributed by atoms with van der Waals surface area (Å²) in [6, 6.07) is 6.59. The van der Waals surface area contributed by atoms with Gasteiger partial charge in [-0.05, 0) is 55.9 Å². The monoisotopic (exact) mass is 635 g/mol. The number of nitrogens with one attached hydrogen (secondary N) is 3. The summed E-state index contributed by atoms with van der Waals surface area (Å²) in [5.41, 5.74) is 6.12. The third kappa shape index (κ3) is 10.4. The molecule has 3 heterocycles. The fourth-order valence-corrected chi connectivity index (χ4v) is 6.36. The number of likely N-dealkylation sites (tertiary alicyclic amines) is 1. The van der Waals surface area contributed by atoms with Crippen molar-refractivity contribution in [1.82, 2.24) is 20.5 Å². The molecule has 238 valence electrons. The van der Waals surface area contributed by atoms with Gasteiger partial charge in [-0.25, -0.2) is 0 Å². The number of benzene rings is 1. The summed E-state index contributed by atoms with van der Waals surface area (Å²) in [5, 5.41) is 16.7. The lowest BCUT2D eigenvalue weighted by molar-refractivity contribution is -0.130. The Morgan fingerprint density at radius 1 is 1.19 bits per heavy atom. The molecule has 0 radical (unpaired) electrons. The van der Waals surface area contributed by atoms with Gasteiger partial charge in [-0.15, -0.1) is 0 Å². The topological polar surface area (TPSA) is 158 Å². The van der Waals surface area contributed by atoms with Crippen LogP contribution in [0.15, 0.2) is 24.3 Å². The summed E-state index contributed by atoms with van der Waals surface area (Å²) in [6.45, 7) is 5.03. The molecule has 1 aliphatic carbocycles. The van der Waals surface area contributed by atoms with Crippen LogP contribution < -0.4 is 16.4 Å². The molecule has 3 fully saturated rings. The zero-order chi connectivity index (χ0) is 31.6. The summed E-state index contributed by atoms with van der Waals surface area (Å²) >= 11 is 9.67.